The molecule has 0 bridgehead atoms. The van der Waals surface area contributed by atoms with Crippen LogP contribution in [-0.4, -0.2) is 40.8 Å². The number of rotatable bonds is 7. The first-order chi connectivity index (χ1) is 11.0. The average Bonchev–Trinajstić information content (AvgIpc) is 2.92. The van der Waals surface area contributed by atoms with Gasteiger partial charge in [0.2, 0.25) is 5.91 Å². The van der Waals surface area contributed by atoms with Gasteiger partial charge in [-0.3, -0.25) is 19.5 Å². The Kier molecular flexibility index (Phi) is 5.89. The van der Waals surface area contributed by atoms with Gasteiger partial charge in [0.1, 0.15) is 6.54 Å². The van der Waals surface area contributed by atoms with Gasteiger partial charge >= 0.3 is 0 Å². The van der Waals surface area contributed by atoms with Crippen molar-refractivity contribution in [3.63, 3.8) is 0 Å². The van der Waals surface area contributed by atoms with Crippen LogP contribution in [0, 0.1) is 6.92 Å². The van der Waals surface area contributed by atoms with Gasteiger partial charge < -0.3 is 9.64 Å². The normalized spacial score (nSPS) is 10.7. The average molecular weight is 337 g/mol. The van der Waals surface area contributed by atoms with E-state index in [9.17, 15) is 14.4 Å². The molecule has 1 amide bonds. The number of nitrogens with one attached hydrogen (secondary N) is 1. The van der Waals surface area contributed by atoms with E-state index in [1.165, 1.54) is 0 Å². The number of carbonyl (C=O) groups excluding carboxylic acids is 1. The van der Waals surface area contributed by atoms with Gasteiger partial charge in [0.05, 0.1) is 13.2 Å². The van der Waals surface area contributed by atoms with Crippen LogP contribution in [0.4, 0.5) is 0 Å². The molecule has 124 valence electrons. The largest absolute Gasteiger partial charge is 0.383 e. The predicted octanol–water partition coefficient (Wildman–Crippen LogP) is 0.582. The standard InChI is InChI=1S/C15H19N3O4S/c1-11-5-8-23-12(11)9-17(6-7-22-2)15(21)10-18-14(20)4-3-13(19)16-18/h3-5,8H,6-7,9-10H2,1-2H3,(H,16,19). The number of aromatic nitrogens is 2. The molecule has 0 aliphatic rings. The lowest BCUT2D eigenvalue weighted by molar-refractivity contribution is -0.133. The second-order valence-electron chi connectivity index (χ2n) is 5.07. The number of hydrogen-bond donors (Lipinski definition) is 1. The number of hydrogen-bond acceptors (Lipinski definition) is 5. The summed E-state index contributed by atoms with van der Waals surface area (Å²) in [5.41, 5.74) is 0.280. The van der Waals surface area contributed by atoms with Gasteiger partial charge in [-0.05, 0) is 23.9 Å². The minimum Gasteiger partial charge on any atom is -0.383 e. The maximum Gasteiger partial charge on any atom is 0.265 e. The lowest BCUT2D eigenvalue weighted by Crippen LogP contribution is -2.39. The molecule has 2 aromatic rings. The van der Waals surface area contributed by atoms with Crippen molar-refractivity contribution in [2.75, 3.05) is 20.3 Å². The molecule has 0 radical (unpaired) electrons. The summed E-state index contributed by atoms with van der Waals surface area (Å²) in [6.45, 7) is 3.05. The third kappa shape index (κ3) is 4.64. The van der Waals surface area contributed by atoms with E-state index in [1.807, 2.05) is 18.4 Å². The van der Waals surface area contributed by atoms with Gasteiger partial charge in [-0.25, -0.2) is 4.68 Å². The monoisotopic (exact) mass is 337 g/mol. The molecule has 0 unspecified atom stereocenters. The SMILES string of the molecule is COCCN(Cc1sccc1C)C(=O)Cn1[nH]c(=O)ccc1=O. The van der Waals surface area contributed by atoms with Crippen LogP contribution < -0.4 is 11.1 Å². The number of H-pyrrole nitrogens is 1. The number of carbonyl (C=O) groups is 1. The Bertz CT molecular complexity index is 777. The van der Waals surface area contributed by atoms with Crippen molar-refractivity contribution in [2.24, 2.45) is 0 Å². The Morgan fingerprint density at radius 1 is 1.35 bits per heavy atom. The zero-order valence-electron chi connectivity index (χ0n) is 13.1. The number of thiophene rings is 1. The van der Waals surface area contributed by atoms with Gasteiger partial charge in [-0.2, -0.15) is 0 Å². The Balaban J connectivity index is 2.15. The van der Waals surface area contributed by atoms with Crippen molar-refractivity contribution >= 4 is 17.2 Å². The quantitative estimate of drug-likeness (QED) is 0.801. The number of methoxy groups -OCH3 is 1. The number of amides is 1. The zero-order chi connectivity index (χ0) is 16.8. The molecule has 7 nitrogen and oxygen atoms in total. The van der Waals surface area contributed by atoms with E-state index in [4.69, 9.17) is 4.74 Å². The van der Waals surface area contributed by atoms with Crippen LogP contribution in [0.5, 0.6) is 0 Å². The molecule has 0 aliphatic heterocycles. The highest BCUT2D eigenvalue weighted by atomic mass is 32.1. The van der Waals surface area contributed by atoms with Crippen LogP contribution in [0.15, 0.2) is 33.2 Å². The van der Waals surface area contributed by atoms with Crippen molar-refractivity contribution in [3.8, 4) is 0 Å². The lowest BCUT2D eigenvalue weighted by atomic mass is 10.2. The molecule has 2 rings (SSSR count). The van der Waals surface area contributed by atoms with Crippen molar-refractivity contribution in [1.82, 2.24) is 14.7 Å². The number of nitrogens with zero attached hydrogens (tertiary/aromatic N) is 2. The van der Waals surface area contributed by atoms with Crippen LogP contribution in [0.3, 0.4) is 0 Å². The molecule has 0 saturated carbocycles. The van der Waals surface area contributed by atoms with E-state index in [0.717, 1.165) is 27.3 Å². The van der Waals surface area contributed by atoms with E-state index in [-0.39, 0.29) is 12.5 Å². The number of aromatic amines is 1. The maximum atomic E-state index is 12.5. The molecule has 2 aromatic heterocycles. The van der Waals surface area contributed by atoms with Crippen LogP contribution >= 0.6 is 11.3 Å². The molecular formula is C15H19N3O4S. The van der Waals surface area contributed by atoms with E-state index < -0.39 is 11.1 Å². The third-order valence-corrected chi connectivity index (χ3v) is 4.41. The molecule has 23 heavy (non-hydrogen) atoms. The second kappa shape index (κ2) is 7.89. The fourth-order valence-electron chi connectivity index (χ4n) is 2.05. The highest BCUT2D eigenvalue weighted by molar-refractivity contribution is 7.10. The topological polar surface area (TPSA) is 84.4 Å². The van der Waals surface area contributed by atoms with Gasteiger partial charge in [-0.15, -0.1) is 11.3 Å². The molecule has 1 N–H and O–H groups in total. The summed E-state index contributed by atoms with van der Waals surface area (Å²) < 4.78 is 6.07. The highest BCUT2D eigenvalue weighted by Crippen LogP contribution is 2.18. The summed E-state index contributed by atoms with van der Waals surface area (Å²) in [6, 6.07) is 4.29. The number of ether oxygens (including phenoxy) is 1. The summed E-state index contributed by atoms with van der Waals surface area (Å²) in [4.78, 5) is 38.2. The number of aryl methyl sites for hydroxylation is 1. The molecule has 0 saturated heterocycles. The van der Waals surface area contributed by atoms with Gasteiger partial charge in [0.15, 0.2) is 0 Å². The molecule has 0 spiro atoms. The van der Waals surface area contributed by atoms with Gasteiger partial charge in [-0.1, -0.05) is 0 Å². The lowest BCUT2D eigenvalue weighted by Gasteiger charge is -2.22. The molecule has 0 fully saturated rings. The van der Waals surface area contributed by atoms with Crippen molar-refractivity contribution in [1.29, 1.82) is 0 Å². The minimum absolute atomic E-state index is 0.205. The van der Waals surface area contributed by atoms with Crippen molar-refractivity contribution in [2.45, 2.75) is 20.0 Å². The first-order valence-electron chi connectivity index (χ1n) is 7.11. The van der Waals surface area contributed by atoms with Gasteiger partial charge in [0, 0.05) is 30.7 Å². The predicted molar refractivity (Wildman–Crippen MR) is 87.7 cm³/mol. The molecular weight excluding hydrogens is 318 g/mol. The molecule has 8 heteroatoms. The van der Waals surface area contributed by atoms with Crippen LogP contribution in [0.1, 0.15) is 10.4 Å². The second-order valence-corrected chi connectivity index (χ2v) is 6.07. The summed E-state index contributed by atoms with van der Waals surface area (Å²) >= 11 is 1.58. The van der Waals surface area contributed by atoms with E-state index in [2.05, 4.69) is 5.10 Å². The highest BCUT2D eigenvalue weighted by Gasteiger charge is 2.17. The Morgan fingerprint density at radius 2 is 2.13 bits per heavy atom. The summed E-state index contributed by atoms with van der Waals surface area (Å²) in [7, 11) is 1.57. The first kappa shape index (κ1) is 17.2. The summed E-state index contributed by atoms with van der Waals surface area (Å²) in [5.74, 6) is -0.251. The van der Waals surface area contributed by atoms with Crippen molar-refractivity contribution < 1.29 is 9.53 Å². The Labute approximate surface area is 137 Å². The van der Waals surface area contributed by atoms with E-state index in [0.29, 0.717) is 19.7 Å². The van der Waals surface area contributed by atoms with Crippen LogP contribution in [-0.2, 0) is 22.6 Å². The maximum absolute atomic E-state index is 12.5. The van der Waals surface area contributed by atoms with E-state index >= 15 is 0 Å². The van der Waals surface area contributed by atoms with Crippen LogP contribution in [0.2, 0.25) is 0 Å². The van der Waals surface area contributed by atoms with E-state index in [1.54, 1.807) is 23.3 Å². The fraction of sp³-hybridized carbons (Fsp3) is 0.400. The smallest absolute Gasteiger partial charge is 0.265 e. The molecule has 0 aromatic carbocycles. The first-order valence-corrected chi connectivity index (χ1v) is 7.99. The molecule has 2 heterocycles. The van der Waals surface area contributed by atoms with Gasteiger partial charge in [0.25, 0.3) is 11.1 Å². The van der Waals surface area contributed by atoms with Crippen LogP contribution in [0.25, 0.3) is 0 Å². The van der Waals surface area contributed by atoms with Crippen molar-refractivity contribution in [3.05, 3.63) is 54.7 Å². The summed E-state index contributed by atoms with van der Waals surface area (Å²) in [6.07, 6.45) is 0. The molecule has 0 atom stereocenters. The summed E-state index contributed by atoms with van der Waals surface area (Å²) in [5, 5.41) is 4.34. The fourth-order valence-corrected chi connectivity index (χ4v) is 2.97. The zero-order valence-corrected chi connectivity index (χ0v) is 13.9. The Morgan fingerprint density at radius 3 is 2.78 bits per heavy atom. The minimum atomic E-state index is -0.421. The Hall–Kier alpha value is -2.19. The third-order valence-electron chi connectivity index (χ3n) is 3.40. The molecule has 0 aliphatic carbocycles.